The smallest absolute Gasteiger partial charge is 0.243 e. The third-order valence-corrected chi connectivity index (χ3v) is 1.84. The van der Waals surface area contributed by atoms with Crippen LogP contribution in [0.4, 0.5) is 0 Å². The van der Waals surface area contributed by atoms with Crippen LogP contribution in [0.25, 0.3) is 0 Å². The first-order chi connectivity index (χ1) is 5.77. The third kappa shape index (κ3) is 2.06. The monoisotopic (exact) mass is 171 g/mol. The number of rotatable bonds is 3. The summed E-state index contributed by atoms with van der Waals surface area (Å²) in [6.07, 6.45) is 1.21. The Morgan fingerprint density at radius 2 is 2.50 bits per heavy atom. The fourth-order valence-corrected chi connectivity index (χ4v) is 1.14. The van der Waals surface area contributed by atoms with Gasteiger partial charge in [-0.2, -0.15) is 0 Å². The Bertz CT molecular complexity index is 181. The van der Waals surface area contributed by atoms with E-state index in [-0.39, 0.29) is 18.1 Å². The highest BCUT2D eigenvalue weighted by atomic mass is 16.5. The zero-order valence-electron chi connectivity index (χ0n) is 7.08. The van der Waals surface area contributed by atoms with Gasteiger partial charge in [0.05, 0.1) is 19.3 Å². The highest BCUT2D eigenvalue weighted by Crippen LogP contribution is 2.08. The van der Waals surface area contributed by atoms with Crippen LogP contribution in [0.5, 0.6) is 0 Å². The first-order valence-corrected chi connectivity index (χ1v) is 3.81. The van der Waals surface area contributed by atoms with Crippen molar-refractivity contribution in [3.63, 3.8) is 0 Å². The molecule has 12 heavy (non-hydrogen) atoms. The predicted molar refractivity (Wildman–Crippen MR) is 43.7 cm³/mol. The van der Waals surface area contributed by atoms with E-state index in [2.05, 4.69) is 11.9 Å². The van der Waals surface area contributed by atoms with Crippen molar-refractivity contribution >= 4 is 5.91 Å². The number of methoxy groups -OCH3 is 1. The summed E-state index contributed by atoms with van der Waals surface area (Å²) < 4.78 is 10.2. The van der Waals surface area contributed by atoms with E-state index in [4.69, 9.17) is 9.47 Å². The van der Waals surface area contributed by atoms with Crippen LogP contribution in [0.2, 0.25) is 0 Å². The van der Waals surface area contributed by atoms with Crippen LogP contribution < -0.4 is 5.32 Å². The number of ether oxygens (including phenoxy) is 2. The molecule has 0 saturated carbocycles. The molecule has 0 aromatic rings. The van der Waals surface area contributed by atoms with Gasteiger partial charge in [0, 0.05) is 7.11 Å². The van der Waals surface area contributed by atoms with Gasteiger partial charge in [0.1, 0.15) is 6.10 Å². The molecule has 0 radical (unpaired) electrons. The van der Waals surface area contributed by atoms with Crippen molar-refractivity contribution in [2.24, 2.45) is 0 Å². The average molecular weight is 171 g/mol. The second-order valence-corrected chi connectivity index (χ2v) is 2.63. The summed E-state index contributed by atoms with van der Waals surface area (Å²) in [4.78, 5) is 10.9. The molecule has 4 heteroatoms. The summed E-state index contributed by atoms with van der Waals surface area (Å²) in [6, 6.07) is -0.0412. The Morgan fingerprint density at radius 3 is 3.08 bits per heavy atom. The van der Waals surface area contributed by atoms with Gasteiger partial charge in [0.2, 0.25) is 5.91 Å². The molecule has 1 aliphatic heterocycles. The van der Waals surface area contributed by atoms with E-state index in [0.29, 0.717) is 13.2 Å². The molecule has 1 heterocycles. The SMILES string of the molecule is C=CC(=O)N[C@H]1COC[C@H]1OC. The largest absolute Gasteiger partial charge is 0.377 e. The zero-order chi connectivity index (χ0) is 8.97. The summed E-state index contributed by atoms with van der Waals surface area (Å²) in [6.45, 7) is 4.41. The van der Waals surface area contributed by atoms with E-state index < -0.39 is 0 Å². The first-order valence-electron chi connectivity index (χ1n) is 3.81. The van der Waals surface area contributed by atoms with Crippen molar-refractivity contribution in [1.29, 1.82) is 0 Å². The Labute approximate surface area is 71.5 Å². The van der Waals surface area contributed by atoms with Crippen LogP contribution in [0, 0.1) is 0 Å². The predicted octanol–water partition coefficient (Wildman–Crippen LogP) is -0.298. The average Bonchev–Trinajstić information content (AvgIpc) is 2.51. The molecule has 1 aliphatic rings. The van der Waals surface area contributed by atoms with Crippen LogP contribution in [0.3, 0.4) is 0 Å². The Hall–Kier alpha value is -0.870. The van der Waals surface area contributed by atoms with Crippen molar-refractivity contribution < 1.29 is 14.3 Å². The molecular formula is C8H13NO3. The maximum Gasteiger partial charge on any atom is 0.243 e. The highest BCUT2D eigenvalue weighted by molar-refractivity contribution is 5.87. The second kappa shape index (κ2) is 4.23. The van der Waals surface area contributed by atoms with Crippen molar-refractivity contribution in [2.45, 2.75) is 12.1 Å². The maximum absolute atomic E-state index is 10.9. The van der Waals surface area contributed by atoms with Gasteiger partial charge in [-0.1, -0.05) is 6.58 Å². The molecule has 2 atom stereocenters. The number of nitrogens with one attached hydrogen (secondary N) is 1. The Morgan fingerprint density at radius 1 is 1.75 bits per heavy atom. The van der Waals surface area contributed by atoms with Crippen molar-refractivity contribution in [2.75, 3.05) is 20.3 Å². The Balaban J connectivity index is 2.40. The molecule has 1 saturated heterocycles. The number of hydrogen-bond donors (Lipinski definition) is 1. The Kier molecular flexibility index (Phi) is 3.25. The molecule has 1 amide bonds. The van der Waals surface area contributed by atoms with Crippen LogP contribution >= 0.6 is 0 Å². The normalized spacial score (nSPS) is 28.4. The molecule has 0 bridgehead atoms. The summed E-state index contributed by atoms with van der Waals surface area (Å²) in [5, 5.41) is 2.72. The lowest BCUT2D eigenvalue weighted by molar-refractivity contribution is -0.117. The lowest BCUT2D eigenvalue weighted by Crippen LogP contribution is -2.42. The number of carbonyl (C=O) groups is 1. The highest BCUT2D eigenvalue weighted by Gasteiger charge is 2.28. The molecule has 1 rings (SSSR count). The fraction of sp³-hybridized carbons (Fsp3) is 0.625. The molecular weight excluding hydrogens is 158 g/mol. The van der Waals surface area contributed by atoms with E-state index >= 15 is 0 Å². The van der Waals surface area contributed by atoms with Gasteiger partial charge in [0.15, 0.2) is 0 Å². The van der Waals surface area contributed by atoms with Crippen molar-refractivity contribution in [3.05, 3.63) is 12.7 Å². The topological polar surface area (TPSA) is 47.6 Å². The molecule has 1 fully saturated rings. The van der Waals surface area contributed by atoms with Gasteiger partial charge in [-0.15, -0.1) is 0 Å². The molecule has 0 unspecified atom stereocenters. The van der Waals surface area contributed by atoms with Gasteiger partial charge < -0.3 is 14.8 Å². The molecule has 0 spiro atoms. The lowest BCUT2D eigenvalue weighted by atomic mass is 10.2. The lowest BCUT2D eigenvalue weighted by Gasteiger charge is -2.16. The molecule has 1 N–H and O–H groups in total. The minimum absolute atomic E-state index is 0.0334. The van der Waals surface area contributed by atoms with Crippen molar-refractivity contribution in [3.8, 4) is 0 Å². The van der Waals surface area contributed by atoms with E-state index in [1.165, 1.54) is 6.08 Å². The summed E-state index contributed by atoms with van der Waals surface area (Å²) in [5.74, 6) is -0.187. The molecule has 68 valence electrons. The summed E-state index contributed by atoms with van der Waals surface area (Å²) in [5.41, 5.74) is 0. The minimum atomic E-state index is -0.187. The van der Waals surface area contributed by atoms with Gasteiger partial charge in [0.25, 0.3) is 0 Å². The molecule has 0 aromatic heterocycles. The fourth-order valence-electron chi connectivity index (χ4n) is 1.14. The van der Waals surface area contributed by atoms with Gasteiger partial charge >= 0.3 is 0 Å². The van der Waals surface area contributed by atoms with Crippen LogP contribution in [0.15, 0.2) is 12.7 Å². The van der Waals surface area contributed by atoms with E-state index in [1.54, 1.807) is 7.11 Å². The zero-order valence-corrected chi connectivity index (χ0v) is 7.08. The van der Waals surface area contributed by atoms with Gasteiger partial charge in [-0.3, -0.25) is 4.79 Å². The number of hydrogen-bond acceptors (Lipinski definition) is 3. The summed E-state index contributed by atoms with van der Waals surface area (Å²) in [7, 11) is 1.60. The minimum Gasteiger partial charge on any atom is -0.377 e. The van der Waals surface area contributed by atoms with Gasteiger partial charge in [-0.25, -0.2) is 0 Å². The standard InChI is InChI=1S/C8H13NO3/c1-3-8(10)9-6-4-12-5-7(6)11-2/h3,6-7H,1,4-5H2,2H3,(H,9,10)/t6-,7+/m0/s1. The molecule has 0 aliphatic carbocycles. The summed E-state index contributed by atoms with van der Waals surface area (Å²) >= 11 is 0. The van der Waals surface area contributed by atoms with Crippen LogP contribution in [0.1, 0.15) is 0 Å². The van der Waals surface area contributed by atoms with Crippen LogP contribution in [-0.4, -0.2) is 38.4 Å². The van der Waals surface area contributed by atoms with E-state index in [0.717, 1.165) is 0 Å². The number of carbonyl (C=O) groups excluding carboxylic acids is 1. The first kappa shape index (κ1) is 9.22. The van der Waals surface area contributed by atoms with Crippen molar-refractivity contribution in [1.82, 2.24) is 5.32 Å². The number of amides is 1. The third-order valence-electron chi connectivity index (χ3n) is 1.84. The quantitative estimate of drug-likeness (QED) is 0.593. The maximum atomic E-state index is 10.9. The molecule has 0 aromatic carbocycles. The molecule has 4 nitrogen and oxygen atoms in total. The van der Waals surface area contributed by atoms with Gasteiger partial charge in [-0.05, 0) is 6.08 Å². The van der Waals surface area contributed by atoms with E-state index in [1.807, 2.05) is 0 Å². The van der Waals surface area contributed by atoms with E-state index in [9.17, 15) is 4.79 Å². The second-order valence-electron chi connectivity index (χ2n) is 2.63. The van der Waals surface area contributed by atoms with Crippen LogP contribution in [-0.2, 0) is 14.3 Å².